The molecule has 0 fully saturated rings. The smallest absolute Gasteiger partial charge is 0.0737 e. The molecule has 11 aromatic carbocycles. The summed E-state index contributed by atoms with van der Waals surface area (Å²) in [6.07, 6.45) is 0. The molecule has 0 saturated heterocycles. The van der Waals surface area contributed by atoms with Gasteiger partial charge in [-0.25, -0.2) is 0 Å². The molecule has 0 N–H and O–H groups in total. The molecule has 13 rings (SSSR count). The van der Waals surface area contributed by atoms with Gasteiger partial charge in [-0.2, -0.15) is 0 Å². The molecule has 11 aromatic rings. The lowest BCUT2D eigenvalue weighted by Crippen LogP contribution is -2.26. The Morgan fingerprint density at radius 3 is 1.48 bits per heavy atom. The van der Waals surface area contributed by atoms with Gasteiger partial charge in [-0.05, 0) is 125 Å². The number of nitrogens with zero attached hydrogens (tertiary/aromatic N) is 1. The lowest BCUT2D eigenvalue weighted by Gasteiger charge is -2.34. The van der Waals surface area contributed by atoms with Crippen LogP contribution in [0.15, 0.2) is 231 Å². The van der Waals surface area contributed by atoms with Crippen LogP contribution in [-0.4, -0.2) is 0 Å². The molecule has 0 heterocycles. The standard InChI is InChI=1S/C62H41N/c1-40-32-35-44(36-33-40)63(57-37-34-43(41-18-4-2-5-19-41)38-53(57)42-20-6-3-7-21-42)58-39-54-59-50-27-11-8-22-45(50)46-23-9-12-28-51(46)61(59)62(60(54)52-29-13-10-26-49(52)58)55-30-16-14-24-47(55)48-25-15-17-31-56(48)62/h2-39H,1H3. The van der Waals surface area contributed by atoms with Crippen molar-refractivity contribution in [3.8, 4) is 44.5 Å². The van der Waals surface area contributed by atoms with Crippen LogP contribution in [0, 0.1) is 6.92 Å². The third-order valence-electron chi connectivity index (χ3n) is 13.9. The van der Waals surface area contributed by atoms with Crippen LogP contribution in [0.4, 0.5) is 17.1 Å². The van der Waals surface area contributed by atoms with Gasteiger partial charge in [0.05, 0.1) is 16.8 Å². The number of hydrogen-bond acceptors (Lipinski definition) is 1. The molecule has 0 radical (unpaired) electrons. The van der Waals surface area contributed by atoms with Crippen molar-refractivity contribution in [2.45, 2.75) is 12.3 Å². The molecule has 1 nitrogen and oxygen atoms in total. The molecule has 1 spiro atoms. The van der Waals surface area contributed by atoms with E-state index in [4.69, 9.17) is 0 Å². The van der Waals surface area contributed by atoms with E-state index in [2.05, 4.69) is 242 Å². The molecular formula is C62H41N. The quantitative estimate of drug-likeness (QED) is 0.157. The fraction of sp³-hybridized carbons (Fsp3) is 0.0323. The maximum atomic E-state index is 2.55. The van der Waals surface area contributed by atoms with Crippen LogP contribution in [0.3, 0.4) is 0 Å². The molecule has 2 aliphatic carbocycles. The van der Waals surface area contributed by atoms with Gasteiger partial charge in [-0.3, -0.25) is 0 Å². The van der Waals surface area contributed by atoms with Gasteiger partial charge < -0.3 is 4.90 Å². The molecule has 0 bridgehead atoms. The van der Waals surface area contributed by atoms with E-state index in [1.54, 1.807) is 0 Å². The number of aryl methyl sites for hydroxylation is 1. The van der Waals surface area contributed by atoms with Gasteiger partial charge in [0.1, 0.15) is 0 Å². The van der Waals surface area contributed by atoms with Gasteiger partial charge in [0.15, 0.2) is 0 Å². The summed E-state index contributed by atoms with van der Waals surface area (Å²) in [6, 6.07) is 86.1. The minimum Gasteiger partial charge on any atom is -0.309 e. The maximum Gasteiger partial charge on any atom is 0.0737 e. The van der Waals surface area contributed by atoms with Crippen LogP contribution < -0.4 is 4.90 Å². The first-order valence-electron chi connectivity index (χ1n) is 22.0. The summed E-state index contributed by atoms with van der Waals surface area (Å²) < 4.78 is 0. The Bertz CT molecular complexity index is 3570. The Morgan fingerprint density at radius 2 is 0.825 bits per heavy atom. The first-order chi connectivity index (χ1) is 31.2. The third-order valence-corrected chi connectivity index (χ3v) is 13.9. The second-order valence-corrected chi connectivity index (χ2v) is 17.2. The highest BCUT2D eigenvalue weighted by Gasteiger charge is 2.54. The molecular weight excluding hydrogens is 759 g/mol. The molecule has 0 atom stereocenters. The van der Waals surface area contributed by atoms with Crippen molar-refractivity contribution in [2.75, 3.05) is 4.90 Å². The van der Waals surface area contributed by atoms with E-state index >= 15 is 0 Å². The van der Waals surface area contributed by atoms with E-state index in [1.165, 1.54) is 105 Å². The first kappa shape index (κ1) is 35.7. The maximum absolute atomic E-state index is 2.55. The molecule has 0 aliphatic heterocycles. The molecule has 0 amide bonds. The van der Waals surface area contributed by atoms with Crippen LogP contribution in [-0.2, 0) is 5.41 Å². The van der Waals surface area contributed by atoms with Crippen molar-refractivity contribution in [1.82, 2.24) is 0 Å². The van der Waals surface area contributed by atoms with Crippen LogP contribution in [0.25, 0.3) is 76.8 Å². The van der Waals surface area contributed by atoms with Gasteiger partial charge in [-0.1, -0.05) is 206 Å². The molecule has 1 heteroatoms. The van der Waals surface area contributed by atoms with Crippen LogP contribution in [0.1, 0.15) is 27.8 Å². The lowest BCUT2D eigenvalue weighted by atomic mass is 9.68. The molecule has 0 unspecified atom stereocenters. The summed E-state index contributed by atoms with van der Waals surface area (Å²) in [5, 5.41) is 7.63. The minimum absolute atomic E-state index is 0.555. The topological polar surface area (TPSA) is 3.24 Å². The largest absolute Gasteiger partial charge is 0.309 e. The Labute approximate surface area is 367 Å². The van der Waals surface area contributed by atoms with Gasteiger partial charge >= 0.3 is 0 Å². The van der Waals surface area contributed by atoms with Crippen molar-refractivity contribution in [3.05, 3.63) is 258 Å². The fourth-order valence-electron chi connectivity index (χ4n) is 11.3. The van der Waals surface area contributed by atoms with Crippen LogP contribution in [0.2, 0.25) is 0 Å². The van der Waals surface area contributed by atoms with Crippen molar-refractivity contribution in [1.29, 1.82) is 0 Å². The summed E-state index contributed by atoms with van der Waals surface area (Å²) in [5.41, 5.74) is 19.5. The molecule has 294 valence electrons. The van der Waals surface area contributed by atoms with Crippen LogP contribution in [0.5, 0.6) is 0 Å². The number of benzene rings is 11. The Balaban J connectivity index is 1.21. The van der Waals surface area contributed by atoms with Crippen molar-refractivity contribution >= 4 is 49.4 Å². The first-order valence-corrected chi connectivity index (χ1v) is 22.0. The third kappa shape index (κ3) is 5.05. The summed E-state index contributed by atoms with van der Waals surface area (Å²) in [7, 11) is 0. The fourth-order valence-corrected chi connectivity index (χ4v) is 11.3. The molecule has 0 aromatic heterocycles. The number of anilines is 3. The monoisotopic (exact) mass is 799 g/mol. The molecule has 2 aliphatic rings. The van der Waals surface area contributed by atoms with Crippen molar-refractivity contribution in [2.24, 2.45) is 0 Å². The zero-order valence-electron chi connectivity index (χ0n) is 34.9. The van der Waals surface area contributed by atoms with E-state index in [9.17, 15) is 0 Å². The molecule has 63 heavy (non-hydrogen) atoms. The Morgan fingerprint density at radius 1 is 0.317 bits per heavy atom. The second kappa shape index (κ2) is 13.8. The van der Waals surface area contributed by atoms with Crippen molar-refractivity contribution < 1.29 is 0 Å². The summed E-state index contributed by atoms with van der Waals surface area (Å²) in [6.45, 7) is 2.17. The normalized spacial score (nSPS) is 13.0. The van der Waals surface area contributed by atoms with Gasteiger partial charge in [-0.15, -0.1) is 0 Å². The minimum atomic E-state index is -0.555. The highest BCUT2D eigenvalue weighted by Crippen LogP contribution is 2.67. The van der Waals surface area contributed by atoms with E-state index in [1.807, 2.05) is 0 Å². The lowest BCUT2D eigenvalue weighted by molar-refractivity contribution is 0.809. The SMILES string of the molecule is Cc1ccc(N(c2ccc(-c3ccccc3)cc2-c2ccccc2)c2cc3c(c4ccccc24)C2(c4ccccc4-c4ccccc42)c2c-3c3ccccc3c3ccccc23)cc1. The predicted octanol–water partition coefficient (Wildman–Crippen LogP) is 16.6. The molecule has 0 saturated carbocycles. The highest BCUT2D eigenvalue weighted by atomic mass is 15.1. The number of fused-ring (bicyclic) bond motifs is 17. The van der Waals surface area contributed by atoms with Crippen LogP contribution >= 0.6 is 0 Å². The Hall–Kier alpha value is -8.00. The summed E-state index contributed by atoms with van der Waals surface area (Å²) >= 11 is 0. The highest BCUT2D eigenvalue weighted by molar-refractivity contribution is 6.22. The van der Waals surface area contributed by atoms with E-state index < -0.39 is 5.41 Å². The Kier molecular flexibility index (Phi) is 7.80. The number of hydrogen-bond donors (Lipinski definition) is 0. The summed E-state index contributed by atoms with van der Waals surface area (Å²) in [5.74, 6) is 0. The second-order valence-electron chi connectivity index (χ2n) is 17.2. The van der Waals surface area contributed by atoms with E-state index in [0.29, 0.717) is 0 Å². The predicted molar refractivity (Wildman–Crippen MR) is 266 cm³/mol. The van der Waals surface area contributed by atoms with Crippen molar-refractivity contribution in [3.63, 3.8) is 0 Å². The van der Waals surface area contributed by atoms with Gasteiger partial charge in [0.2, 0.25) is 0 Å². The zero-order valence-corrected chi connectivity index (χ0v) is 34.9. The average Bonchev–Trinajstić information content (AvgIpc) is 3.83. The zero-order chi connectivity index (χ0) is 41.6. The van der Waals surface area contributed by atoms with E-state index in [-0.39, 0.29) is 0 Å². The average molecular weight is 800 g/mol. The number of rotatable bonds is 5. The van der Waals surface area contributed by atoms with Gasteiger partial charge in [0.25, 0.3) is 0 Å². The summed E-state index contributed by atoms with van der Waals surface area (Å²) in [4.78, 5) is 2.53. The van der Waals surface area contributed by atoms with E-state index in [0.717, 1.165) is 17.1 Å². The van der Waals surface area contributed by atoms with Gasteiger partial charge in [0, 0.05) is 16.6 Å².